The van der Waals surface area contributed by atoms with E-state index in [-0.39, 0.29) is 4.90 Å². The predicted molar refractivity (Wildman–Crippen MR) is 117 cm³/mol. The molecule has 0 unspecified atom stereocenters. The molecule has 3 aromatic rings. The van der Waals surface area contributed by atoms with Crippen molar-refractivity contribution in [2.45, 2.75) is 36.6 Å². The van der Waals surface area contributed by atoms with Gasteiger partial charge in [-0.3, -0.25) is 0 Å². The second-order valence-corrected chi connectivity index (χ2v) is 9.96. The van der Waals surface area contributed by atoms with E-state index in [1.165, 1.54) is 17.1 Å². The lowest BCUT2D eigenvalue weighted by atomic mass is 10.2. The summed E-state index contributed by atoms with van der Waals surface area (Å²) in [6, 6.07) is 6.97. The zero-order valence-electron chi connectivity index (χ0n) is 17.5. The lowest BCUT2D eigenvalue weighted by Gasteiger charge is -2.34. The van der Waals surface area contributed by atoms with Crippen molar-refractivity contribution < 1.29 is 13.2 Å². The Kier molecular flexibility index (Phi) is 5.27. The van der Waals surface area contributed by atoms with Gasteiger partial charge in [-0.2, -0.15) is 4.31 Å². The van der Waals surface area contributed by atoms with E-state index in [4.69, 9.17) is 4.74 Å². The van der Waals surface area contributed by atoms with Gasteiger partial charge < -0.3 is 14.2 Å². The molecule has 0 N–H and O–H groups in total. The lowest BCUT2D eigenvalue weighted by molar-refractivity contribution is 0.384. The predicted octanol–water partition coefficient (Wildman–Crippen LogP) is 2.46. The van der Waals surface area contributed by atoms with E-state index in [1.54, 1.807) is 37.7 Å². The van der Waals surface area contributed by atoms with Gasteiger partial charge in [0.1, 0.15) is 12.1 Å². The zero-order valence-corrected chi connectivity index (χ0v) is 18.3. The van der Waals surface area contributed by atoms with Crippen molar-refractivity contribution in [3.8, 4) is 5.75 Å². The fraction of sp³-hybridized carbons (Fsp3) is 0.476. The molecule has 1 saturated heterocycles. The molecule has 0 amide bonds. The third-order valence-corrected chi connectivity index (χ3v) is 8.21. The summed E-state index contributed by atoms with van der Waals surface area (Å²) in [5.74, 6) is 1.41. The van der Waals surface area contributed by atoms with Crippen LogP contribution in [0.3, 0.4) is 0 Å². The second kappa shape index (κ2) is 8.08. The lowest BCUT2D eigenvalue weighted by Crippen LogP contribution is -2.49. The van der Waals surface area contributed by atoms with E-state index in [0.717, 1.165) is 29.8 Å². The number of anilines is 1. The summed E-state index contributed by atoms with van der Waals surface area (Å²) < 4.78 is 34.9. The summed E-state index contributed by atoms with van der Waals surface area (Å²) in [7, 11) is -1.98. The van der Waals surface area contributed by atoms with Gasteiger partial charge in [0.15, 0.2) is 17.0 Å². The number of piperazine rings is 1. The van der Waals surface area contributed by atoms with Crippen LogP contribution >= 0.6 is 0 Å². The van der Waals surface area contributed by atoms with Crippen LogP contribution in [0.15, 0.2) is 41.8 Å². The van der Waals surface area contributed by atoms with Gasteiger partial charge in [0.25, 0.3) is 0 Å². The highest BCUT2D eigenvalue weighted by atomic mass is 32.2. The number of aromatic nitrogens is 4. The van der Waals surface area contributed by atoms with E-state index in [1.807, 2.05) is 6.33 Å². The summed E-state index contributed by atoms with van der Waals surface area (Å²) in [6.45, 7) is 1.89. The van der Waals surface area contributed by atoms with Crippen molar-refractivity contribution >= 4 is 27.0 Å². The number of nitrogens with zero attached hydrogens (tertiary/aromatic N) is 6. The normalized spacial score (nSPS) is 18.7. The number of methoxy groups -OCH3 is 1. The molecule has 0 atom stereocenters. The van der Waals surface area contributed by atoms with Crippen molar-refractivity contribution in [1.82, 2.24) is 23.8 Å². The minimum absolute atomic E-state index is 0.279. The molecule has 3 heterocycles. The molecule has 9 nitrogen and oxygen atoms in total. The number of rotatable bonds is 5. The van der Waals surface area contributed by atoms with Gasteiger partial charge in [0.05, 0.1) is 18.3 Å². The Balaban J connectivity index is 1.34. The van der Waals surface area contributed by atoms with Crippen molar-refractivity contribution in [3.63, 3.8) is 0 Å². The van der Waals surface area contributed by atoms with Crippen molar-refractivity contribution in [2.75, 3.05) is 38.2 Å². The molecule has 1 saturated carbocycles. The number of imidazole rings is 1. The third-order valence-electron chi connectivity index (χ3n) is 6.29. The second-order valence-electron chi connectivity index (χ2n) is 8.03. The SMILES string of the molecule is COc1ccc(S(=O)(=O)N2CCN(c3ncnc4c3ncn4C3CCCC3)CC2)cc1. The first-order valence-electron chi connectivity index (χ1n) is 10.6. The molecule has 0 radical (unpaired) electrons. The minimum Gasteiger partial charge on any atom is -0.497 e. The number of sulfonamides is 1. The molecule has 10 heteroatoms. The zero-order chi connectivity index (χ0) is 21.4. The minimum atomic E-state index is -3.54. The molecule has 2 fully saturated rings. The first-order chi connectivity index (χ1) is 15.1. The fourth-order valence-corrected chi connectivity index (χ4v) is 5.98. The number of fused-ring (bicyclic) bond motifs is 1. The van der Waals surface area contributed by atoms with Crippen molar-refractivity contribution in [2.24, 2.45) is 0 Å². The van der Waals surface area contributed by atoms with Crippen LogP contribution in [0, 0.1) is 0 Å². The highest BCUT2D eigenvalue weighted by Gasteiger charge is 2.30. The molecular formula is C21H26N6O3S. The van der Waals surface area contributed by atoms with E-state index in [9.17, 15) is 8.42 Å². The highest BCUT2D eigenvalue weighted by Crippen LogP contribution is 2.33. The first-order valence-corrected chi connectivity index (χ1v) is 12.1. The number of ether oxygens (including phenoxy) is 1. The highest BCUT2D eigenvalue weighted by molar-refractivity contribution is 7.89. The van der Waals surface area contributed by atoms with Gasteiger partial charge >= 0.3 is 0 Å². The molecule has 2 aliphatic rings. The summed E-state index contributed by atoms with van der Waals surface area (Å²) in [5, 5.41) is 0. The van der Waals surface area contributed by atoms with E-state index in [2.05, 4.69) is 24.4 Å². The van der Waals surface area contributed by atoms with Crippen molar-refractivity contribution in [1.29, 1.82) is 0 Å². The summed E-state index contributed by atoms with van der Waals surface area (Å²) in [6.07, 6.45) is 8.27. The fourth-order valence-electron chi connectivity index (χ4n) is 4.56. The molecule has 31 heavy (non-hydrogen) atoms. The van der Waals surface area contributed by atoms with E-state index in [0.29, 0.717) is 38.0 Å². The van der Waals surface area contributed by atoms with Crippen LogP contribution in [0.4, 0.5) is 5.82 Å². The monoisotopic (exact) mass is 442 g/mol. The molecule has 2 aromatic heterocycles. The van der Waals surface area contributed by atoms with Gasteiger partial charge in [-0.1, -0.05) is 12.8 Å². The molecular weight excluding hydrogens is 416 g/mol. The summed E-state index contributed by atoms with van der Waals surface area (Å²) in [5.41, 5.74) is 1.66. The Morgan fingerprint density at radius 3 is 2.35 bits per heavy atom. The topological polar surface area (TPSA) is 93.5 Å². The van der Waals surface area contributed by atoms with Crippen LogP contribution in [0.5, 0.6) is 5.75 Å². The van der Waals surface area contributed by atoms with Crippen LogP contribution < -0.4 is 9.64 Å². The van der Waals surface area contributed by atoms with Crippen LogP contribution in [0.1, 0.15) is 31.7 Å². The average molecular weight is 443 g/mol. The quantitative estimate of drug-likeness (QED) is 0.599. The molecule has 0 spiro atoms. The van der Waals surface area contributed by atoms with E-state index >= 15 is 0 Å². The number of benzene rings is 1. The van der Waals surface area contributed by atoms with E-state index < -0.39 is 10.0 Å². The summed E-state index contributed by atoms with van der Waals surface area (Å²) in [4.78, 5) is 16.0. The van der Waals surface area contributed by atoms with Crippen LogP contribution in [-0.4, -0.2) is 65.5 Å². The molecule has 1 aliphatic heterocycles. The van der Waals surface area contributed by atoms with Gasteiger partial charge in [0.2, 0.25) is 10.0 Å². The maximum atomic E-state index is 13.0. The van der Waals surface area contributed by atoms with Gasteiger partial charge in [-0.25, -0.2) is 23.4 Å². The number of hydrogen-bond acceptors (Lipinski definition) is 7. The third kappa shape index (κ3) is 3.63. The maximum Gasteiger partial charge on any atom is 0.243 e. The number of hydrogen-bond donors (Lipinski definition) is 0. The Morgan fingerprint density at radius 2 is 1.68 bits per heavy atom. The Morgan fingerprint density at radius 1 is 0.968 bits per heavy atom. The first kappa shape index (κ1) is 20.2. The molecule has 1 aliphatic carbocycles. The van der Waals surface area contributed by atoms with Crippen molar-refractivity contribution in [3.05, 3.63) is 36.9 Å². The molecule has 5 rings (SSSR count). The maximum absolute atomic E-state index is 13.0. The smallest absolute Gasteiger partial charge is 0.243 e. The van der Waals surface area contributed by atoms with Gasteiger partial charge in [0, 0.05) is 32.2 Å². The van der Waals surface area contributed by atoms with Crippen LogP contribution in [-0.2, 0) is 10.0 Å². The van der Waals surface area contributed by atoms with Gasteiger partial charge in [-0.05, 0) is 37.1 Å². The molecule has 0 bridgehead atoms. The van der Waals surface area contributed by atoms with Crippen LogP contribution in [0.25, 0.3) is 11.2 Å². The Labute approximate surface area is 181 Å². The van der Waals surface area contributed by atoms with Gasteiger partial charge in [-0.15, -0.1) is 0 Å². The standard InChI is InChI=1S/C21H26N6O3S/c1-30-17-6-8-18(9-7-17)31(28,29)26-12-10-25(11-13-26)20-19-21(23-14-22-20)27(15-24-19)16-4-2-3-5-16/h6-9,14-16H,2-5,10-13H2,1H3. The molecule has 164 valence electrons. The van der Waals surface area contributed by atoms with Crippen LogP contribution in [0.2, 0.25) is 0 Å². The molecule has 1 aromatic carbocycles. The summed E-state index contributed by atoms with van der Waals surface area (Å²) >= 11 is 0. The largest absolute Gasteiger partial charge is 0.497 e. The average Bonchev–Trinajstić information content (AvgIpc) is 3.49. The Bertz CT molecular complexity index is 1160. The Hall–Kier alpha value is -2.72.